The minimum absolute atomic E-state index is 0.329. The van der Waals surface area contributed by atoms with Gasteiger partial charge in [-0.2, -0.15) is 5.10 Å². The second-order valence-electron chi connectivity index (χ2n) is 7.25. The first-order valence-corrected chi connectivity index (χ1v) is 8.65. The number of benzene rings is 1. The van der Waals surface area contributed by atoms with Gasteiger partial charge in [-0.1, -0.05) is 23.7 Å². The first-order valence-electron chi connectivity index (χ1n) is 8.27. The zero-order valence-electron chi connectivity index (χ0n) is 15.2. The summed E-state index contributed by atoms with van der Waals surface area (Å²) in [5.74, 6) is 0. The van der Waals surface area contributed by atoms with Crippen LogP contribution in [-0.2, 0) is 6.54 Å². The van der Waals surface area contributed by atoms with E-state index in [1.54, 1.807) is 16.9 Å². The molecular weight excluding hydrogens is 352 g/mol. The zero-order valence-corrected chi connectivity index (χ0v) is 15.9. The summed E-state index contributed by atoms with van der Waals surface area (Å²) >= 11 is 6.11. The highest BCUT2D eigenvalue weighted by molar-refractivity contribution is 6.29. The van der Waals surface area contributed by atoms with Gasteiger partial charge < -0.3 is 5.11 Å². The van der Waals surface area contributed by atoms with E-state index in [2.05, 4.69) is 10.1 Å². The van der Waals surface area contributed by atoms with Crippen LogP contribution in [0, 0.1) is 6.92 Å². The Hall–Kier alpha value is -2.60. The topological polar surface area (TPSA) is 70.7 Å². The van der Waals surface area contributed by atoms with Crippen molar-refractivity contribution in [1.82, 2.24) is 19.5 Å². The van der Waals surface area contributed by atoms with Crippen LogP contribution in [0.5, 0.6) is 0 Å². The monoisotopic (exact) mass is 372 g/mol. The quantitative estimate of drug-likeness (QED) is 0.727. The molecule has 0 spiro atoms. The molecule has 1 amide bonds. The molecule has 7 heteroatoms. The Labute approximate surface area is 157 Å². The molecule has 0 radical (unpaired) electrons. The maximum absolute atomic E-state index is 11.6. The number of aryl methyl sites for hydroxylation is 1. The van der Waals surface area contributed by atoms with E-state index < -0.39 is 11.6 Å². The van der Waals surface area contributed by atoms with E-state index in [0.29, 0.717) is 11.7 Å². The maximum atomic E-state index is 11.6. The minimum Gasteiger partial charge on any atom is -0.465 e. The van der Waals surface area contributed by atoms with Gasteiger partial charge in [0.1, 0.15) is 5.15 Å². The molecule has 0 unspecified atom stereocenters. The van der Waals surface area contributed by atoms with Crippen LogP contribution in [0.2, 0.25) is 5.15 Å². The molecule has 0 saturated carbocycles. The van der Waals surface area contributed by atoms with Crippen molar-refractivity contribution in [2.24, 2.45) is 0 Å². The molecule has 26 heavy (non-hydrogen) atoms. The lowest BCUT2D eigenvalue weighted by molar-refractivity contribution is 0.0954. The third-order valence-corrected chi connectivity index (χ3v) is 4.53. The molecule has 2 heterocycles. The molecule has 0 aliphatic heterocycles. The van der Waals surface area contributed by atoms with E-state index >= 15 is 0 Å². The molecule has 0 aliphatic carbocycles. The molecule has 3 aromatic rings. The van der Waals surface area contributed by atoms with Gasteiger partial charge in [-0.3, -0.25) is 4.90 Å². The molecule has 1 N–H and O–H groups in total. The van der Waals surface area contributed by atoms with Crippen molar-refractivity contribution < 1.29 is 9.90 Å². The Bertz CT molecular complexity index is 975. The Kier molecular flexibility index (Phi) is 4.63. The number of fused-ring (bicyclic) bond motifs is 1. The molecule has 0 atom stereocenters. The summed E-state index contributed by atoms with van der Waals surface area (Å²) in [5.41, 5.74) is 4.00. The Balaban J connectivity index is 2.00. The van der Waals surface area contributed by atoms with E-state index in [1.807, 2.05) is 52.0 Å². The highest BCUT2D eigenvalue weighted by atomic mass is 35.5. The predicted octanol–water partition coefficient (Wildman–Crippen LogP) is 4.64. The fraction of sp³-hybridized carbons (Fsp3) is 0.316. The van der Waals surface area contributed by atoms with Crippen LogP contribution in [0.25, 0.3) is 16.8 Å². The molecular formula is C19H21ClN4O2. The average molecular weight is 373 g/mol. The van der Waals surface area contributed by atoms with E-state index in [4.69, 9.17) is 11.6 Å². The summed E-state index contributed by atoms with van der Waals surface area (Å²) in [6, 6.07) is 7.77. The molecule has 0 saturated heterocycles. The zero-order chi connectivity index (χ0) is 19.1. The van der Waals surface area contributed by atoms with E-state index in [-0.39, 0.29) is 0 Å². The number of carbonyl (C=O) groups is 1. The normalized spacial score (nSPS) is 11.7. The van der Waals surface area contributed by atoms with Gasteiger partial charge in [-0.15, -0.1) is 0 Å². The standard InChI is InChI=1S/C19H21ClN4O2/c1-12-9-13(17-15-7-8-21-24(15)11-16(20)22-17)5-6-14(12)10-23(18(25)26)19(2,3)4/h5-9,11H,10H2,1-4H3,(H,25,26). The summed E-state index contributed by atoms with van der Waals surface area (Å²) in [7, 11) is 0. The summed E-state index contributed by atoms with van der Waals surface area (Å²) in [6.07, 6.45) is 2.43. The molecule has 6 nitrogen and oxygen atoms in total. The summed E-state index contributed by atoms with van der Waals surface area (Å²) in [5, 5.41) is 14.1. The fourth-order valence-corrected chi connectivity index (χ4v) is 3.07. The second-order valence-corrected chi connectivity index (χ2v) is 7.64. The number of aromatic nitrogens is 3. The summed E-state index contributed by atoms with van der Waals surface area (Å²) < 4.78 is 1.69. The maximum Gasteiger partial charge on any atom is 0.408 e. The van der Waals surface area contributed by atoms with Gasteiger partial charge in [0, 0.05) is 17.6 Å². The van der Waals surface area contributed by atoms with Crippen molar-refractivity contribution in [2.45, 2.75) is 39.8 Å². The fourth-order valence-electron chi connectivity index (χ4n) is 2.89. The van der Waals surface area contributed by atoms with Gasteiger partial charge in [-0.25, -0.2) is 14.3 Å². The Morgan fingerprint density at radius 1 is 1.31 bits per heavy atom. The predicted molar refractivity (Wildman–Crippen MR) is 101 cm³/mol. The van der Waals surface area contributed by atoms with Crippen molar-refractivity contribution in [3.05, 3.63) is 52.9 Å². The highest BCUT2D eigenvalue weighted by Crippen LogP contribution is 2.27. The number of hydrogen-bond acceptors (Lipinski definition) is 3. The molecule has 0 fully saturated rings. The molecule has 1 aromatic carbocycles. The molecule has 2 aromatic heterocycles. The number of nitrogens with zero attached hydrogens (tertiary/aromatic N) is 4. The van der Waals surface area contributed by atoms with E-state index in [0.717, 1.165) is 27.9 Å². The van der Waals surface area contributed by atoms with E-state index in [9.17, 15) is 9.90 Å². The highest BCUT2D eigenvalue weighted by Gasteiger charge is 2.26. The molecule has 136 valence electrons. The molecule has 0 bridgehead atoms. The van der Waals surface area contributed by atoms with Crippen LogP contribution < -0.4 is 0 Å². The van der Waals surface area contributed by atoms with Crippen LogP contribution >= 0.6 is 11.6 Å². The van der Waals surface area contributed by atoms with Crippen molar-refractivity contribution in [2.75, 3.05) is 0 Å². The SMILES string of the molecule is Cc1cc(-c2nc(Cl)cn3nccc23)ccc1CN(C(=O)O)C(C)(C)C. The molecule has 0 aliphatic rings. The number of hydrogen-bond donors (Lipinski definition) is 1. The van der Waals surface area contributed by atoms with Crippen molar-refractivity contribution >= 4 is 23.2 Å². The van der Waals surface area contributed by atoms with Gasteiger partial charge in [0.25, 0.3) is 0 Å². The van der Waals surface area contributed by atoms with Crippen LogP contribution in [0.15, 0.2) is 36.7 Å². The third-order valence-electron chi connectivity index (χ3n) is 4.35. The second kappa shape index (κ2) is 6.61. The largest absolute Gasteiger partial charge is 0.465 e. The lowest BCUT2D eigenvalue weighted by Crippen LogP contribution is -2.44. The third kappa shape index (κ3) is 3.51. The minimum atomic E-state index is -0.932. The number of rotatable bonds is 3. The van der Waals surface area contributed by atoms with Crippen molar-refractivity contribution in [1.29, 1.82) is 0 Å². The number of halogens is 1. The lowest BCUT2D eigenvalue weighted by atomic mass is 10.00. The van der Waals surface area contributed by atoms with Gasteiger partial charge in [0.2, 0.25) is 0 Å². The van der Waals surface area contributed by atoms with Crippen LogP contribution in [0.3, 0.4) is 0 Å². The van der Waals surface area contributed by atoms with Gasteiger partial charge in [-0.05, 0) is 51.0 Å². The first kappa shape index (κ1) is 18.2. The van der Waals surface area contributed by atoms with E-state index in [1.165, 1.54) is 4.90 Å². The average Bonchev–Trinajstić information content (AvgIpc) is 2.99. The molecule has 3 rings (SSSR count). The van der Waals surface area contributed by atoms with Gasteiger partial charge in [0.15, 0.2) is 0 Å². The Morgan fingerprint density at radius 3 is 2.65 bits per heavy atom. The van der Waals surface area contributed by atoms with Gasteiger partial charge >= 0.3 is 6.09 Å². The van der Waals surface area contributed by atoms with Crippen LogP contribution in [0.4, 0.5) is 4.79 Å². The summed E-state index contributed by atoms with van der Waals surface area (Å²) in [4.78, 5) is 17.5. The van der Waals surface area contributed by atoms with Crippen molar-refractivity contribution in [3.63, 3.8) is 0 Å². The van der Waals surface area contributed by atoms with Crippen molar-refractivity contribution in [3.8, 4) is 11.3 Å². The first-order chi connectivity index (χ1) is 12.2. The van der Waals surface area contributed by atoms with Crippen LogP contribution in [-0.4, -0.2) is 36.2 Å². The smallest absolute Gasteiger partial charge is 0.408 e. The number of amides is 1. The lowest BCUT2D eigenvalue weighted by Gasteiger charge is -2.33. The summed E-state index contributed by atoms with van der Waals surface area (Å²) in [6.45, 7) is 7.96. The van der Waals surface area contributed by atoms with Gasteiger partial charge in [0.05, 0.1) is 23.6 Å². The number of carboxylic acid groups (broad SMARTS) is 1. The Morgan fingerprint density at radius 2 is 2.04 bits per heavy atom. The van der Waals surface area contributed by atoms with Crippen LogP contribution in [0.1, 0.15) is 31.9 Å².